The molecular formula is C22H23FN2O4. The van der Waals surface area contributed by atoms with E-state index in [9.17, 15) is 14.0 Å². The first-order chi connectivity index (χ1) is 13.9. The Morgan fingerprint density at radius 2 is 1.90 bits per heavy atom. The van der Waals surface area contributed by atoms with Crippen LogP contribution in [0.4, 0.5) is 9.18 Å². The van der Waals surface area contributed by atoms with Gasteiger partial charge >= 0.3 is 12.1 Å². The fraction of sp³-hybridized carbons (Fsp3) is 0.273. The second-order valence-electron chi connectivity index (χ2n) is 6.85. The summed E-state index contributed by atoms with van der Waals surface area (Å²) in [4.78, 5) is 24.7. The molecule has 0 unspecified atom stereocenters. The number of nitrogens with one attached hydrogen (secondary N) is 1. The SMILES string of the molecule is COC(=O)[C@H](NC(=O)OCc1ccccc1)[C@H](C)c1cn(C)c2ccc(F)cc12. The maximum atomic E-state index is 13.8. The van der Waals surface area contributed by atoms with E-state index in [0.29, 0.717) is 5.39 Å². The van der Waals surface area contributed by atoms with E-state index in [1.807, 2.05) is 48.1 Å². The third kappa shape index (κ3) is 4.56. The minimum absolute atomic E-state index is 0.0778. The van der Waals surface area contributed by atoms with Gasteiger partial charge in [0.25, 0.3) is 0 Å². The zero-order chi connectivity index (χ0) is 21.0. The van der Waals surface area contributed by atoms with Crippen molar-refractivity contribution in [3.63, 3.8) is 0 Å². The number of benzene rings is 2. The number of ether oxygens (including phenoxy) is 2. The number of hydrogen-bond donors (Lipinski definition) is 1. The number of fused-ring (bicyclic) bond motifs is 1. The number of aromatic nitrogens is 1. The lowest BCUT2D eigenvalue weighted by molar-refractivity contribution is -0.143. The van der Waals surface area contributed by atoms with Gasteiger partial charge in [-0.1, -0.05) is 37.3 Å². The molecule has 3 rings (SSSR count). The highest BCUT2D eigenvalue weighted by molar-refractivity contribution is 5.87. The van der Waals surface area contributed by atoms with Gasteiger partial charge in [-0.15, -0.1) is 0 Å². The van der Waals surface area contributed by atoms with Gasteiger partial charge in [-0.2, -0.15) is 0 Å². The van der Waals surface area contributed by atoms with Gasteiger partial charge in [0.2, 0.25) is 0 Å². The average molecular weight is 398 g/mol. The second-order valence-corrected chi connectivity index (χ2v) is 6.85. The lowest BCUT2D eigenvalue weighted by Crippen LogP contribution is -2.45. The molecule has 2 aromatic carbocycles. The number of hydrogen-bond acceptors (Lipinski definition) is 4. The van der Waals surface area contributed by atoms with Crippen LogP contribution in [0, 0.1) is 5.82 Å². The van der Waals surface area contributed by atoms with Crippen molar-refractivity contribution in [1.82, 2.24) is 9.88 Å². The predicted molar refractivity (Wildman–Crippen MR) is 107 cm³/mol. The standard InChI is InChI=1S/C22H23FN2O4/c1-14(18-12-25(2)19-10-9-16(23)11-17(18)19)20(21(26)28-3)24-22(27)29-13-15-7-5-4-6-8-15/h4-12,14,20H,13H2,1-3H3,(H,24,27)/t14-,20-/m1/s1. The molecule has 0 spiro atoms. The molecule has 1 heterocycles. The van der Waals surface area contributed by atoms with Crippen LogP contribution in [0.15, 0.2) is 54.7 Å². The van der Waals surface area contributed by atoms with Gasteiger partial charge in [0.15, 0.2) is 0 Å². The van der Waals surface area contributed by atoms with Crippen molar-refractivity contribution in [2.75, 3.05) is 7.11 Å². The van der Waals surface area contributed by atoms with Gasteiger partial charge in [0.05, 0.1) is 7.11 Å². The molecule has 7 heteroatoms. The van der Waals surface area contributed by atoms with Crippen LogP contribution in [-0.4, -0.2) is 29.8 Å². The predicted octanol–water partition coefficient (Wildman–Crippen LogP) is 3.89. The third-order valence-electron chi connectivity index (χ3n) is 4.91. The molecule has 0 aliphatic rings. The Bertz CT molecular complexity index is 1020. The Hall–Kier alpha value is -3.35. The number of methoxy groups -OCH3 is 1. The van der Waals surface area contributed by atoms with E-state index in [0.717, 1.165) is 16.6 Å². The summed E-state index contributed by atoms with van der Waals surface area (Å²) in [6, 6.07) is 12.7. The number of alkyl carbamates (subject to hydrolysis) is 1. The van der Waals surface area contributed by atoms with Crippen molar-refractivity contribution in [3.05, 3.63) is 71.7 Å². The lowest BCUT2D eigenvalue weighted by atomic mass is 9.93. The second kappa shape index (κ2) is 8.77. The molecule has 2 atom stereocenters. The van der Waals surface area contributed by atoms with Crippen molar-refractivity contribution in [2.24, 2.45) is 7.05 Å². The molecule has 1 amide bonds. The molecule has 1 N–H and O–H groups in total. The molecule has 0 saturated carbocycles. The number of carbonyl (C=O) groups excluding carboxylic acids is 2. The highest BCUT2D eigenvalue weighted by Gasteiger charge is 2.31. The quantitative estimate of drug-likeness (QED) is 0.640. The van der Waals surface area contributed by atoms with E-state index in [-0.39, 0.29) is 12.4 Å². The van der Waals surface area contributed by atoms with Gasteiger partial charge in [0, 0.05) is 30.1 Å². The van der Waals surface area contributed by atoms with Gasteiger partial charge in [-0.05, 0) is 29.3 Å². The van der Waals surface area contributed by atoms with Crippen LogP contribution in [0.1, 0.15) is 24.0 Å². The maximum absolute atomic E-state index is 13.8. The minimum atomic E-state index is -0.989. The van der Waals surface area contributed by atoms with Crippen molar-refractivity contribution < 1.29 is 23.5 Å². The fourth-order valence-corrected chi connectivity index (χ4v) is 3.34. The molecule has 0 aliphatic carbocycles. The zero-order valence-electron chi connectivity index (χ0n) is 16.5. The lowest BCUT2D eigenvalue weighted by Gasteiger charge is -2.22. The first-order valence-electron chi connectivity index (χ1n) is 9.20. The topological polar surface area (TPSA) is 69.6 Å². The van der Waals surface area contributed by atoms with Crippen molar-refractivity contribution in [1.29, 1.82) is 0 Å². The monoisotopic (exact) mass is 398 g/mol. The van der Waals surface area contributed by atoms with Gasteiger partial charge in [0.1, 0.15) is 18.5 Å². The molecule has 1 aromatic heterocycles. The van der Waals surface area contributed by atoms with Crippen LogP contribution in [0.3, 0.4) is 0 Å². The molecule has 3 aromatic rings. The Morgan fingerprint density at radius 3 is 2.59 bits per heavy atom. The van der Waals surface area contributed by atoms with Crippen LogP contribution in [0.2, 0.25) is 0 Å². The highest BCUT2D eigenvalue weighted by Crippen LogP contribution is 2.30. The summed E-state index contributed by atoms with van der Waals surface area (Å²) in [7, 11) is 3.09. The fourth-order valence-electron chi connectivity index (χ4n) is 3.34. The van der Waals surface area contributed by atoms with Gasteiger partial charge in [-0.25, -0.2) is 14.0 Å². The number of aryl methyl sites for hydroxylation is 1. The van der Waals surface area contributed by atoms with E-state index in [2.05, 4.69) is 5.32 Å². The maximum Gasteiger partial charge on any atom is 0.408 e. The normalized spacial score (nSPS) is 13.0. The first-order valence-corrected chi connectivity index (χ1v) is 9.20. The first kappa shape index (κ1) is 20.4. The summed E-state index contributed by atoms with van der Waals surface area (Å²) in [5.74, 6) is -1.46. The summed E-state index contributed by atoms with van der Waals surface area (Å²) in [5, 5.41) is 3.26. The molecule has 0 fully saturated rings. The summed E-state index contributed by atoms with van der Waals surface area (Å²) < 4.78 is 25.7. The summed E-state index contributed by atoms with van der Waals surface area (Å²) >= 11 is 0. The van der Waals surface area contributed by atoms with E-state index < -0.39 is 24.0 Å². The Balaban J connectivity index is 1.80. The van der Waals surface area contributed by atoms with E-state index >= 15 is 0 Å². The summed E-state index contributed by atoms with van der Waals surface area (Å²) in [6.45, 7) is 1.85. The van der Waals surface area contributed by atoms with Gasteiger partial charge in [-0.3, -0.25) is 0 Å². The molecule has 152 valence electrons. The largest absolute Gasteiger partial charge is 0.467 e. The number of nitrogens with zero attached hydrogens (tertiary/aromatic N) is 1. The minimum Gasteiger partial charge on any atom is -0.467 e. The van der Waals surface area contributed by atoms with E-state index in [1.54, 1.807) is 13.0 Å². The van der Waals surface area contributed by atoms with Crippen LogP contribution in [0.25, 0.3) is 10.9 Å². The van der Waals surface area contributed by atoms with Crippen molar-refractivity contribution in [3.8, 4) is 0 Å². The molecular weight excluding hydrogens is 375 g/mol. The Kier molecular flexibility index (Phi) is 6.16. The van der Waals surface area contributed by atoms with E-state index in [1.165, 1.54) is 19.2 Å². The molecule has 0 bridgehead atoms. The van der Waals surface area contributed by atoms with Gasteiger partial charge < -0.3 is 19.4 Å². The van der Waals surface area contributed by atoms with Crippen LogP contribution in [-0.2, 0) is 27.9 Å². The number of carbonyl (C=O) groups is 2. The number of rotatable bonds is 6. The van der Waals surface area contributed by atoms with Crippen molar-refractivity contribution in [2.45, 2.75) is 25.5 Å². The highest BCUT2D eigenvalue weighted by atomic mass is 19.1. The van der Waals surface area contributed by atoms with Crippen LogP contribution < -0.4 is 5.32 Å². The third-order valence-corrected chi connectivity index (χ3v) is 4.91. The Labute approximate surface area is 168 Å². The molecule has 6 nitrogen and oxygen atoms in total. The number of halogens is 1. The smallest absolute Gasteiger partial charge is 0.408 e. The summed E-state index contributed by atoms with van der Waals surface area (Å²) in [5.41, 5.74) is 2.37. The average Bonchev–Trinajstić information content (AvgIpc) is 3.05. The molecule has 0 saturated heterocycles. The molecule has 29 heavy (non-hydrogen) atoms. The van der Waals surface area contributed by atoms with E-state index in [4.69, 9.17) is 9.47 Å². The number of esters is 1. The van der Waals surface area contributed by atoms with Crippen LogP contribution in [0.5, 0.6) is 0 Å². The number of amides is 1. The molecule has 0 aliphatic heterocycles. The summed E-state index contributed by atoms with van der Waals surface area (Å²) in [6.07, 6.45) is 1.09. The van der Waals surface area contributed by atoms with Crippen LogP contribution >= 0.6 is 0 Å². The Morgan fingerprint density at radius 1 is 1.17 bits per heavy atom. The molecule has 0 radical (unpaired) electrons. The zero-order valence-corrected chi connectivity index (χ0v) is 16.5. The van der Waals surface area contributed by atoms with Crippen molar-refractivity contribution >= 4 is 23.0 Å².